The number of nitrogens with one attached hydrogen (secondary N) is 1. The Hall–Kier alpha value is -1.91. The third kappa shape index (κ3) is 2.77. The first-order valence-corrected chi connectivity index (χ1v) is 7.08. The molecule has 3 nitrogen and oxygen atoms in total. The zero-order valence-corrected chi connectivity index (χ0v) is 12.4. The molecular formula is C16H15ClFN3. The van der Waals surface area contributed by atoms with Gasteiger partial charge in [-0.2, -0.15) is 0 Å². The first-order valence-electron chi connectivity index (χ1n) is 6.70. The lowest BCUT2D eigenvalue weighted by Crippen LogP contribution is -2.04. The van der Waals surface area contributed by atoms with Gasteiger partial charge < -0.3 is 9.88 Å². The molecule has 0 aliphatic rings. The quantitative estimate of drug-likeness (QED) is 0.798. The lowest BCUT2D eigenvalue weighted by molar-refractivity contribution is 0.601. The molecule has 5 heteroatoms. The normalized spacial score (nSPS) is 11.2. The average molecular weight is 304 g/mol. The molecule has 0 fully saturated rings. The minimum atomic E-state index is -0.257. The first-order chi connectivity index (χ1) is 10.2. The van der Waals surface area contributed by atoms with Crippen LogP contribution in [0.2, 0.25) is 5.02 Å². The van der Waals surface area contributed by atoms with Crippen LogP contribution in [0.4, 0.5) is 4.39 Å². The van der Waals surface area contributed by atoms with Crippen LogP contribution in [0.15, 0.2) is 42.7 Å². The summed E-state index contributed by atoms with van der Waals surface area (Å²) in [5, 5.41) is 4.75. The summed E-state index contributed by atoms with van der Waals surface area (Å²) in [6.07, 6.45) is 3.75. The molecule has 1 aromatic carbocycles. The lowest BCUT2D eigenvalue weighted by atomic mass is 10.2. The minimum Gasteiger partial charge on any atom is -0.328 e. The summed E-state index contributed by atoms with van der Waals surface area (Å²) < 4.78 is 15.9. The van der Waals surface area contributed by atoms with Crippen molar-refractivity contribution in [3.8, 4) is 0 Å². The minimum absolute atomic E-state index is 0.257. The third-order valence-electron chi connectivity index (χ3n) is 3.43. The van der Waals surface area contributed by atoms with Crippen molar-refractivity contribution in [1.82, 2.24) is 14.9 Å². The standard InChI is InChI=1S/C16H15ClFN3/c1-19-8-12-10-21(16-14(12)3-2-6-20-16)9-11-7-13(17)4-5-15(11)18/h2-7,10,19H,8-9H2,1H3. The second-order valence-electron chi connectivity index (χ2n) is 4.92. The van der Waals surface area contributed by atoms with Crippen LogP contribution in [0.5, 0.6) is 0 Å². The molecule has 0 radical (unpaired) electrons. The number of aromatic nitrogens is 2. The van der Waals surface area contributed by atoms with Crippen LogP contribution in [0.3, 0.4) is 0 Å². The Morgan fingerprint density at radius 1 is 1.29 bits per heavy atom. The molecule has 0 bridgehead atoms. The van der Waals surface area contributed by atoms with E-state index in [1.54, 1.807) is 18.3 Å². The van der Waals surface area contributed by atoms with Crippen molar-refractivity contribution in [3.63, 3.8) is 0 Å². The van der Waals surface area contributed by atoms with E-state index >= 15 is 0 Å². The van der Waals surface area contributed by atoms with E-state index in [0.29, 0.717) is 17.1 Å². The monoisotopic (exact) mass is 303 g/mol. The SMILES string of the molecule is CNCc1cn(Cc2cc(Cl)ccc2F)c2ncccc12. The summed E-state index contributed by atoms with van der Waals surface area (Å²) in [6.45, 7) is 1.15. The van der Waals surface area contributed by atoms with Crippen LogP contribution in [-0.4, -0.2) is 16.6 Å². The Bertz CT molecular complexity index is 782. The summed E-state index contributed by atoms with van der Waals surface area (Å²) in [4.78, 5) is 4.41. The number of pyridine rings is 1. The van der Waals surface area contributed by atoms with Gasteiger partial charge in [-0.3, -0.25) is 0 Å². The topological polar surface area (TPSA) is 29.9 Å². The van der Waals surface area contributed by atoms with E-state index in [0.717, 1.165) is 23.1 Å². The highest BCUT2D eigenvalue weighted by Crippen LogP contribution is 2.22. The second-order valence-corrected chi connectivity index (χ2v) is 5.36. The fraction of sp³-hybridized carbons (Fsp3) is 0.188. The molecule has 1 N–H and O–H groups in total. The van der Waals surface area contributed by atoms with Crippen molar-refractivity contribution in [2.45, 2.75) is 13.1 Å². The molecule has 108 valence electrons. The maximum absolute atomic E-state index is 13.9. The van der Waals surface area contributed by atoms with E-state index in [1.807, 2.05) is 29.9 Å². The molecular weight excluding hydrogens is 289 g/mol. The Labute approximate surface area is 127 Å². The highest BCUT2D eigenvalue weighted by Gasteiger charge is 2.11. The zero-order chi connectivity index (χ0) is 14.8. The van der Waals surface area contributed by atoms with Crippen LogP contribution in [0.1, 0.15) is 11.1 Å². The van der Waals surface area contributed by atoms with Crippen LogP contribution >= 0.6 is 11.6 Å². The fourth-order valence-corrected chi connectivity index (χ4v) is 2.69. The van der Waals surface area contributed by atoms with Crippen LogP contribution < -0.4 is 5.32 Å². The molecule has 0 spiro atoms. The molecule has 0 amide bonds. The Balaban J connectivity index is 2.06. The van der Waals surface area contributed by atoms with Gasteiger partial charge in [-0.1, -0.05) is 11.6 Å². The number of hydrogen-bond acceptors (Lipinski definition) is 2. The molecule has 0 aliphatic heterocycles. The van der Waals surface area contributed by atoms with E-state index in [1.165, 1.54) is 6.07 Å². The van der Waals surface area contributed by atoms with E-state index < -0.39 is 0 Å². The molecule has 0 unspecified atom stereocenters. The smallest absolute Gasteiger partial charge is 0.140 e. The van der Waals surface area contributed by atoms with E-state index in [4.69, 9.17) is 11.6 Å². The van der Waals surface area contributed by atoms with Crippen molar-refractivity contribution in [2.75, 3.05) is 7.05 Å². The Morgan fingerprint density at radius 3 is 2.95 bits per heavy atom. The van der Waals surface area contributed by atoms with Gasteiger partial charge in [-0.15, -0.1) is 0 Å². The number of hydrogen-bond donors (Lipinski definition) is 1. The van der Waals surface area contributed by atoms with Crippen molar-refractivity contribution in [1.29, 1.82) is 0 Å². The maximum atomic E-state index is 13.9. The van der Waals surface area contributed by atoms with Crippen LogP contribution in [0, 0.1) is 5.82 Å². The summed E-state index contributed by atoms with van der Waals surface area (Å²) in [5.41, 5.74) is 2.55. The van der Waals surface area contributed by atoms with Crippen molar-refractivity contribution >= 4 is 22.6 Å². The lowest BCUT2D eigenvalue weighted by Gasteiger charge is -2.06. The molecule has 3 rings (SSSR count). The summed E-state index contributed by atoms with van der Waals surface area (Å²) in [5.74, 6) is -0.257. The number of halogens is 2. The maximum Gasteiger partial charge on any atom is 0.140 e. The van der Waals surface area contributed by atoms with Gasteiger partial charge in [-0.05, 0) is 42.9 Å². The van der Waals surface area contributed by atoms with Crippen molar-refractivity contribution in [2.24, 2.45) is 0 Å². The molecule has 0 saturated carbocycles. The third-order valence-corrected chi connectivity index (χ3v) is 3.67. The number of nitrogens with zero attached hydrogens (tertiary/aromatic N) is 2. The van der Waals surface area contributed by atoms with Gasteiger partial charge in [0, 0.05) is 34.9 Å². The van der Waals surface area contributed by atoms with Crippen molar-refractivity contribution in [3.05, 3.63) is 64.7 Å². The predicted molar refractivity (Wildman–Crippen MR) is 83.0 cm³/mol. The highest BCUT2D eigenvalue weighted by molar-refractivity contribution is 6.30. The number of fused-ring (bicyclic) bond motifs is 1. The van der Waals surface area contributed by atoms with Gasteiger partial charge in [0.2, 0.25) is 0 Å². The van der Waals surface area contributed by atoms with Crippen LogP contribution in [-0.2, 0) is 13.1 Å². The highest BCUT2D eigenvalue weighted by atomic mass is 35.5. The van der Waals surface area contributed by atoms with E-state index in [-0.39, 0.29) is 5.82 Å². The van der Waals surface area contributed by atoms with Crippen LogP contribution in [0.25, 0.3) is 11.0 Å². The van der Waals surface area contributed by atoms with Gasteiger partial charge in [0.1, 0.15) is 11.5 Å². The molecule has 21 heavy (non-hydrogen) atoms. The Morgan fingerprint density at radius 2 is 2.14 bits per heavy atom. The molecule has 2 aromatic heterocycles. The number of benzene rings is 1. The van der Waals surface area contributed by atoms with Gasteiger partial charge >= 0.3 is 0 Å². The summed E-state index contributed by atoms with van der Waals surface area (Å²) in [6, 6.07) is 8.54. The fourth-order valence-electron chi connectivity index (χ4n) is 2.50. The second kappa shape index (κ2) is 5.84. The molecule has 2 heterocycles. The molecule has 0 atom stereocenters. The zero-order valence-electron chi connectivity index (χ0n) is 11.6. The summed E-state index contributed by atoms with van der Waals surface area (Å²) in [7, 11) is 1.90. The van der Waals surface area contributed by atoms with E-state index in [2.05, 4.69) is 10.3 Å². The average Bonchev–Trinajstić information content (AvgIpc) is 2.82. The predicted octanol–water partition coefficient (Wildman–Crippen LogP) is 3.60. The van der Waals surface area contributed by atoms with Gasteiger partial charge in [0.05, 0.1) is 6.54 Å². The molecule has 0 aliphatic carbocycles. The van der Waals surface area contributed by atoms with Crippen molar-refractivity contribution < 1.29 is 4.39 Å². The van der Waals surface area contributed by atoms with Gasteiger partial charge in [-0.25, -0.2) is 9.37 Å². The van der Waals surface area contributed by atoms with Gasteiger partial charge in [0.25, 0.3) is 0 Å². The molecule has 0 saturated heterocycles. The molecule has 3 aromatic rings. The Kier molecular flexibility index (Phi) is 3.90. The first kappa shape index (κ1) is 14.0. The number of rotatable bonds is 4. The summed E-state index contributed by atoms with van der Waals surface area (Å²) >= 11 is 5.95. The largest absolute Gasteiger partial charge is 0.328 e. The van der Waals surface area contributed by atoms with E-state index in [9.17, 15) is 4.39 Å². The van der Waals surface area contributed by atoms with Gasteiger partial charge in [0.15, 0.2) is 0 Å².